The molecule has 19 heavy (non-hydrogen) atoms. The van der Waals surface area contributed by atoms with Gasteiger partial charge in [-0.05, 0) is 24.1 Å². The Morgan fingerprint density at radius 3 is 2.47 bits per heavy atom. The van der Waals surface area contributed by atoms with Crippen molar-refractivity contribution in [2.45, 2.75) is 45.6 Å². The van der Waals surface area contributed by atoms with Gasteiger partial charge in [0.2, 0.25) is 0 Å². The molecule has 0 saturated carbocycles. The molecule has 0 N–H and O–H groups in total. The summed E-state index contributed by atoms with van der Waals surface area (Å²) in [6.45, 7) is 2.29. The van der Waals surface area contributed by atoms with Gasteiger partial charge in [-0.1, -0.05) is 26.2 Å². The molecule has 1 rings (SSSR count). The second-order valence-electron chi connectivity index (χ2n) is 4.39. The fourth-order valence-electron chi connectivity index (χ4n) is 1.65. The molecule has 1 aromatic carbocycles. The third kappa shape index (κ3) is 5.99. The Kier molecular flexibility index (Phi) is 6.57. The van der Waals surface area contributed by atoms with E-state index in [1.165, 1.54) is 12.1 Å². The van der Waals surface area contributed by atoms with Gasteiger partial charge in [-0.15, -0.1) is 0 Å². The van der Waals surface area contributed by atoms with E-state index in [-0.39, 0.29) is 18.3 Å². The second kappa shape index (κ2) is 8.24. The number of nitrogens with zero attached hydrogens (tertiary/aromatic N) is 1. The molecule has 104 valence electrons. The van der Waals surface area contributed by atoms with Gasteiger partial charge in [-0.3, -0.25) is 14.9 Å². The van der Waals surface area contributed by atoms with Gasteiger partial charge in [0.1, 0.15) is 6.61 Å². The zero-order chi connectivity index (χ0) is 14.1. The van der Waals surface area contributed by atoms with E-state index >= 15 is 0 Å². The molecule has 0 bridgehead atoms. The Hall–Kier alpha value is -1.91. The highest BCUT2D eigenvalue weighted by molar-refractivity contribution is 5.69. The fourth-order valence-corrected chi connectivity index (χ4v) is 1.65. The molecule has 0 fully saturated rings. The normalized spacial score (nSPS) is 10.2. The minimum Gasteiger partial charge on any atom is -0.461 e. The van der Waals surface area contributed by atoms with Crippen LogP contribution < -0.4 is 0 Å². The molecule has 0 radical (unpaired) electrons. The van der Waals surface area contributed by atoms with Crippen LogP contribution in [0.4, 0.5) is 5.69 Å². The van der Waals surface area contributed by atoms with Crippen molar-refractivity contribution in [2.75, 3.05) is 0 Å². The number of hydrogen-bond donors (Lipinski definition) is 0. The minimum atomic E-state index is -0.455. The second-order valence-corrected chi connectivity index (χ2v) is 4.39. The lowest BCUT2D eigenvalue weighted by Crippen LogP contribution is -2.04. The molecule has 0 saturated heterocycles. The van der Waals surface area contributed by atoms with E-state index < -0.39 is 4.92 Å². The standard InChI is InChI=1S/C14H19NO4/c1-2-3-4-5-6-14(16)19-11-12-7-9-13(10-8-12)15(17)18/h7-10H,2-6,11H2,1H3. The zero-order valence-electron chi connectivity index (χ0n) is 11.1. The summed E-state index contributed by atoms with van der Waals surface area (Å²) in [6, 6.07) is 6.01. The first-order chi connectivity index (χ1) is 9.13. The highest BCUT2D eigenvalue weighted by Crippen LogP contribution is 2.13. The first kappa shape index (κ1) is 15.1. The lowest BCUT2D eigenvalue weighted by molar-refractivity contribution is -0.384. The van der Waals surface area contributed by atoms with Crippen molar-refractivity contribution in [3.05, 3.63) is 39.9 Å². The molecule has 0 spiro atoms. The summed E-state index contributed by atoms with van der Waals surface area (Å²) in [5.41, 5.74) is 0.794. The topological polar surface area (TPSA) is 69.4 Å². The van der Waals surface area contributed by atoms with Crippen LogP contribution in [-0.2, 0) is 16.1 Å². The summed E-state index contributed by atoms with van der Waals surface area (Å²) in [6.07, 6.45) is 4.61. The van der Waals surface area contributed by atoms with Crippen LogP contribution in [0, 0.1) is 10.1 Å². The van der Waals surface area contributed by atoms with Crippen molar-refractivity contribution in [1.29, 1.82) is 0 Å². The fraction of sp³-hybridized carbons (Fsp3) is 0.500. The smallest absolute Gasteiger partial charge is 0.306 e. The van der Waals surface area contributed by atoms with Crippen molar-refractivity contribution < 1.29 is 14.5 Å². The molecule has 0 atom stereocenters. The average Bonchev–Trinajstić information content (AvgIpc) is 2.42. The molecule has 0 unspecified atom stereocenters. The van der Waals surface area contributed by atoms with E-state index in [9.17, 15) is 14.9 Å². The quantitative estimate of drug-likeness (QED) is 0.311. The molecule has 1 aromatic rings. The van der Waals surface area contributed by atoms with Gasteiger partial charge < -0.3 is 4.74 Å². The van der Waals surface area contributed by atoms with Crippen LogP contribution in [-0.4, -0.2) is 10.9 Å². The van der Waals surface area contributed by atoms with Gasteiger partial charge in [0.05, 0.1) is 4.92 Å². The SMILES string of the molecule is CCCCCCC(=O)OCc1ccc([N+](=O)[O-])cc1. The first-order valence-corrected chi connectivity index (χ1v) is 6.52. The monoisotopic (exact) mass is 265 g/mol. The number of carbonyl (C=O) groups excluding carboxylic acids is 1. The van der Waals surface area contributed by atoms with Crippen LogP contribution >= 0.6 is 0 Å². The Morgan fingerprint density at radius 2 is 1.89 bits per heavy atom. The van der Waals surface area contributed by atoms with Gasteiger partial charge >= 0.3 is 5.97 Å². The Morgan fingerprint density at radius 1 is 1.21 bits per heavy atom. The average molecular weight is 265 g/mol. The van der Waals surface area contributed by atoms with Crippen molar-refractivity contribution in [2.24, 2.45) is 0 Å². The number of non-ortho nitro benzene ring substituents is 1. The zero-order valence-corrected chi connectivity index (χ0v) is 11.1. The molecule has 0 amide bonds. The van der Waals surface area contributed by atoms with Gasteiger partial charge in [-0.25, -0.2) is 0 Å². The minimum absolute atomic E-state index is 0.0367. The number of carbonyl (C=O) groups is 1. The lowest BCUT2D eigenvalue weighted by atomic mass is 10.1. The van der Waals surface area contributed by atoms with E-state index in [0.717, 1.165) is 31.2 Å². The van der Waals surface area contributed by atoms with Crippen LogP contribution in [0.15, 0.2) is 24.3 Å². The van der Waals surface area contributed by atoms with Crippen LogP contribution in [0.3, 0.4) is 0 Å². The third-order valence-corrected chi connectivity index (χ3v) is 2.78. The maximum absolute atomic E-state index is 11.4. The maximum atomic E-state index is 11.4. The van der Waals surface area contributed by atoms with E-state index in [4.69, 9.17) is 4.74 Å². The highest BCUT2D eigenvalue weighted by Gasteiger charge is 2.06. The molecule has 0 aliphatic rings. The van der Waals surface area contributed by atoms with Gasteiger partial charge in [0.15, 0.2) is 0 Å². The molecule has 0 aliphatic carbocycles. The van der Waals surface area contributed by atoms with Crippen molar-refractivity contribution in [3.63, 3.8) is 0 Å². The summed E-state index contributed by atoms with van der Waals surface area (Å²) in [5.74, 6) is -0.213. The molecule has 5 heteroatoms. The third-order valence-electron chi connectivity index (χ3n) is 2.78. The molecule has 0 aromatic heterocycles. The van der Waals surface area contributed by atoms with E-state index in [0.29, 0.717) is 6.42 Å². The molecule has 0 heterocycles. The van der Waals surface area contributed by atoms with Gasteiger partial charge in [0.25, 0.3) is 5.69 Å². The largest absolute Gasteiger partial charge is 0.461 e. The summed E-state index contributed by atoms with van der Waals surface area (Å²) < 4.78 is 5.10. The predicted octanol–water partition coefficient (Wildman–Crippen LogP) is 3.61. The number of unbranched alkanes of at least 4 members (excludes halogenated alkanes) is 3. The molecular formula is C14H19NO4. The molecule has 0 aliphatic heterocycles. The predicted molar refractivity (Wildman–Crippen MR) is 71.7 cm³/mol. The van der Waals surface area contributed by atoms with Gasteiger partial charge in [0, 0.05) is 18.6 Å². The number of rotatable bonds is 8. The van der Waals surface area contributed by atoms with Crippen LogP contribution in [0.1, 0.15) is 44.6 Å². The van der Waals surface area contributed by atoms with Crippen LogP contribution in [0.5, 0.6) is 0 Å². The van der Waals surface area contributed by atoms with E-state index in [1.54, 1.807) is 12.1 Å². The number of benzene rings is 1. The molecule has 5 nitrogen and oxygen atoms in total. The molecular weight excluding hydrogens is 246 g/mol. The highest BCUT2D eigenvalue weighted by atomic mass is 16.6. The van der Waals surface area contributed by atoms with Crippen LogP contribution in [0.2, 0.25) is 0 Å². The summed E-state index contributed by atoms with van der Waals surface area (Å²) in [7, 11) is 0. The summed E-state index contributed by atoms with van der Waals surface area (Å²) in [5, 5.41) is 10.5. The Bertz CT molecular complexity index is 414. The van der Waals surface area contributed by atoms with Crippen molar-refractivity contribution in [1.82, 2.24) is 0 Å². The van der Waals surface area contributed by atoms with Crippen LogP contribution in [0.25, 0.3) is 0 Å². The number of nitro benzene ring substituents is 1. The van der Waals surface area contributed by atoms with E-state index in [2.05, 4.69) is 6.92 Å². The first-order valence-electron chi connectivity index (χ1n) is 6.52. The number of nitro groups is 1. The Balaban J connectivity index is 2.28. The van der Waals surface area contributed by atoms with E-state index in [1.807, 2.05) is 0 Å². The maximum Gasteiger partial charge on any atom is 0.306 e. The van der Waals surface area contributed by atoms with Gasteiger partial charge in [-0.2, -0.15) is 0 Å². The summed E-state index contributed by atoms with van der Waals surface area (Å²) >= 11 is 0. The lowest BCUT2D eigenvalue weighted by Gasteiger charge is -2.04. The number of hydrogen-bond acceptors (Lipinski definition) is 4. The van der Waals surface area contributed by atoms with Crippen molar-refractivity contribution >= 4 is 11.7 Å². The number of esters is 1. The number of ether oxygens (including phenoxy) is 1. The summed E-state index contributed by atoms with van der Waals surface area (Å²) in [4.78, 5) is 21.4. The van der Waals surface area contributed by atoms with Crippen molar-refractivity contribution in [3.8, 4) is 0 Å². The Labute approximate surface area is 112 Å².